The lowest BCUT2D eigenvalue weighted by molar-refractivity contribution is -0.684. The lowest BCUT2D eigenvalue weighted by Gasteiger charge is -2.06. The monoisotopic (exact) mass is 306 g/mol. The highest BCUT2D eigenvalue weighted by molar-refractivity contribution is 6.01. The normalized spacial score (nSPS) is 10.5. The number of ether oxygens (including phenoxy) is 1. The molecule has 0 aliphatic carbocycles. The van der Waals surface area contributed by atoms with Crippen LogP contribution < -0.4 is 4.57 Å². The van der Waals surface area contributed by atoms with Gasteiger partial charge in [0.25, 0.3) is 5.69 Å². The van der Waals surface area contributed by atoms with E-state index in [9.17, 15) is 9.59 Å². The zero-order valence-corrected chi connectivity index (χ0v) is 12.7. The highest BCUT2D eigenvalue weighted by Crippen LogP contribution is 2.16. The van der Waals surface area contributed by atoms with E-state index in [0.717, 1.165) is 10.8 Å². The Bertz CT molecular complexity index is 872. The number of Topliss-reactive ketones (excluding diaryl/α,β-unsaturated/α-hetero) is 1. The SMILES string of the molecule is COC(=O)c1c2ccccc2cc[n+]1CC(=O)c1ccccc1. The molecule has 0 radical (unpaired) electrons. The number of carbonyl (C=O) groups excluding carboxylic acids is 2. The van der Waals surface area contributed by atoms with Crippen molar-refractivity contribution in [1.82, 2.24) is 0 Å². The van der Waals surface area contributed by atoms with Crippen LogP contribution in [0.15, 0.2) is 66.9 Å². The Morgan fingerprint density at radius 2 is 1.65 bits per heavy atom. The van der Waals surface area contributed by atoms with Crippen molar-refractivity contribution < 1.29 is 18.9 Å². The molecule has 1 aromatic heterocycles. The highest BCUT2D eigenvalue weighted by Gasteiger charge is 2.25. The number of carbonyl (C=O) groups is 2. The summed E-state index contributed by atoms with van der Waals surface area (Å²) in [5.41, 5.74) is 0.999. The van der Waals surface area contributed by atoms with Gasteiger partial charge in [-0.3, -0.25) is 4.79 Å². The topological polar surface area (TPSA) is 47.2 Å². The van der Waals surface area contributed by atoms with Crippen molar-refractivity contribution >= 4 is 22.5 Å². The van der Waals surface area contributed by atoms with Gasteiger partial charge in [0, 0.05) is 11.6 Å². The molecule has 0 atom stereocenters. The molecule has 0 saturated carbocycles. The Morgan fingerprint density at radius 1 is 0.957 bits per heavy atom. The number of hydrogen-bond acceptors (Lipinski definition) is 3. The van der Waals surface area contributed by atoms with Gasteiger partial charge in [-0.15, -0.1) is 0 Å². The molecule has 0 aliphatic heterocycles. The Hall–Kier alpha value is -3.01. The molecule has 1 heterocycles. The maximum Gasteiger partial charge on any atom is 0.404 e. The van der Waals surface area contributed by atoms with Gasteiger partial charge < -0.3 is 4.74 Å². The summed E-state index contributed by atoms with van der Waals surface area (Å²) in [6.45, 7) is 0.0826. The zero-order valence-electron chi connectivity index (χ0n) is 12.7. The molecule has 2 aromatic carbocycles. The predicted molar refractivity (Wildman–Crippen MR) is 86.3 cm³/mol. The highest BCUT2D eigenvalue weighted by atomic mass is 16.5. The molecule has 0 spiro atoms. The first kappa shape index (κ1) is 14.9. The molecule has 4 nitrogen and oxygen atoms in total. The summed E-state index contributed by atoms with van der Waals surface area (Å²) in [7, 11) is 1.34. The molecule has 3 rings (SSSR count). The Kier molecular flexibility index (Phi) is 4.15. The van der Waals surface area contributed by atoms with Crippen molar-refractivity contribution in [3.63, 3.8) is 0 Å². The number of methoxy groups -OCH3 is 1. The first-order valence-electron chi connectivity index (χ1n) is 7.28. The van der Waals surface area contributed by atoms with Gasteiger partial charge in [-0.2, -0.15) is 4.57 Å². The molecule has 0 unspecified atom stereocenters. The first-order valence-corrected chi connectivity index (χ1v) is 7.28. The Morgan fingerprint density at radius 3 is 2.39 bits per heavy atom. The first-order chi connectivity index (χ1) is 11.2. The summed E-state index contributed by atoms with van der Waals surface area (Å²) in [5.74, 6) is -0.515. The summed E-state index contributed by atoms with van der Waals surface area (Å²) in [5, 5.41) is 1.69. The van der Waals surface area contributed by atoms with Crippen molar-refractivity contribution in [2.24, 2.45) is 0 Å². The largest absolute Gasteiger partial charge is 0.461 e. The second-order valence-electron chi connectivity index (χ2n) is 5.16. The van der Waals surface area contributed by atoms with Crippen LogP contribution in [-0.4, -0.2) is 18.9 Å². The number of ketones is 1. The molecule has 0 saturated heterocycles. The lowest BCUT2D eigenvalue weighted by atomic mass is 10.1. The van der Waals surface area contributed by atoms with Crippen molar-refractivity contribution in [3.05, 3.63) is 78.1 Å². The quantitative estimate of drug-likeness (QED) is 0.423. The minimum absolute atomic E-state index is 0.0592. The molecule has 114 valence electrons. The third kappa shape index (κ3) is 2.97. The van der Waals surface area contributed by atoms with Gasteiger partial charge in [0.1, 0.15) is 0 Å². The third-order valence-electron chi connectivity index (χ3n) is 3.73. The molecule has 4 heteroatoms. The number of nitrogens with zero attached hydrogens (tertiary/aromatic N) is 1. The van der Waals surface area contributed by atoms with Crippen molar-refractivity contribution in [2.45, 2.75) is 6.54 Å². The van der Waals surface area contributed by atoms with Crippen LogP contribution >= 0.6 is 0 Å². The van der Waals surface area contributed by atoms with E-state index in [0.29, 0.717) is 11.3 Å². The van der Waals surface area contributed by atoms with Gasteiger partial charge in [-0.1, -0.05) is 48.5 Å². The lowest BCUT2D eigenvalue weighted by Crippen LogP contribution is -2.44. The minimum atomic E-state index is -0.456. The predicted octanol–water partition coefficient (Wildman–Crippen LogP) is 2.80. The van der Waals surface area contributed by atoms with Crippen molar-refractivity contribution in [2.75, 3.05) is 7.11 Å². The van der Waals surface area contributed by atoms with Gasteiger partial charge in [0.15, 0.2) is 6.20 Å². The van der Waals surface area contributed by atoms with Crippen LogP contribution in [0.5, 0.6) is 0 Å². The summed E-state index contributed by atoms with van der Waals surface area (Å²) in [6.07, 6.45) is 1.75. The van der Waals surface area contributed by atoms with Crippen LogP contribution in [0.25, 0.3) is 10.8 Å². The molecule has 0 bridgehead atoms. The maximum atomic E-state index is 12.4. The molecule has 0 amide bonds. The van der Waals surface area contributed by atoms with E-state index in [1.807, 2.05) is 48.5 Å². The van der Waals surface area contributed by atoms with E-state index in [1.165, 1.54) is 7.11 Å². The molecule has 23 heavy (non-hydrogen) atoms. The van der Waals surface area contributed by atoms with Crippen LogP contribution in [0.1, 0.15) is 20.8 Å². The van der Waals surface area contributed by atoms with Crippen molar-refractivity contribution in [3.8, 4) is 0 Å². The summed E-state index contributed by atoms with van der Waals surface area (Å²) in [6, 6.07) is 18.5. The molecule has 0 aliphatic rings. The fraction of sp³-hybridized carbons (Fsp3) is 0.105. The maximum absolute atomic E-state index is 12.4. The van der Waals surface area contributed by atoms with Gasteiger partial charge in [0.05, 0.1) is 12.5 Å². The summed E-state index contributed by atoms with van der Waals surface area (Å²) >= 11 is 0. The molecular formula is C19H16NO3+. The van der Waals surface area contributed by atoms with Gasteiger partial charge in [0.2, 0.25) is 12.3 Å². The average Bonchev–Trinajstić information content (AvgIpc) is 2.61. The van der Waals surface area contributed by atoms with Gasteiger partial charge >= 0.3 is 5.97 Å². The second kappa shape index (κ2) is 6.40. The van der Waals surface area contributed by atoms with E-state index in [1.54, 1.807) is 22.9 Å². The third-order valence-corrected chi connectivity index (χ3v) is 3.73. The number of pyridine rings is 1. The van der Waals surface area contributed by atoms with E-state index in [4.69, 9.17) is 4.74 Å². The van der Waals surface area contributed by atoms with E-state index < -0.39 is 5.97 Å². The van der Waals surface area contributed by atoms with Crippen LogP contribution in [0.2, 0.25) is 0 Å². The fourth-order valence-corrected chi connectivity index (χ4v) is 2.58. The van der Waals surface area contributed by atoms with E-state index >= 15 is 0 Å². The number of rotatable bonds is 4. The molecule has 3 aromatic rings. The second-order valence-corrected chi connectivity index (χ2v) is 5.16. The molecular weight excluding hydrogens is 290 g/mol. The molecule has 0 N–H and O–H groups in total. The smallest absolute Gasteiger partial charge is 0.404 e. The van der Waals surface area contributed by atoms with Gasteiger partial charge in [-0.25, -0.2) is 4.79 Å². The summed E-state index contributed by atoms with van der Waals surface area (Å²) < 4.78 is 6.54. The Balaban J connectivity index is 2.07. The number of esters is 1. The zero-order chi connectivity index (χ0) is 16.2. The van der Waals surface area contributed by atoms with Crippen LogP contribution in [0, 0.1) is 0 Å². The number of fused-ring (bicyclic) bond motifs is 1. The van der Waals surface area contributed by atoms with Crippen molar-refractivity contribution in [1.29, 1.82) is 0 Å². The van der Waals surface area contributed by atoms with E-state index in [-0.39, 0.29) is 12.3 Å². The number of benzene rings is 2. The summed E-state index contributed by atoms with van der Waals surface area (Å²) in [4.78, 5) is 24.7. The number of hydrogen-bond donors (Lipinski definition) is 0. The minimum Gasteiger partial charge on any atom is -0.461 e. The van der Waals surface area contributed by atoms with Crippen LogP contribution in [0.3, 0.4) is 0 Å². The van der Waals surface area contributed by atoms with E-state index in [2.05, 4.69) is 0 Å². The average molecular weight is 306 g/mol. The fourth-order valence-electron chi connectivity index (χ4n) is 2.58. The molecule has 0 fully saturated rings. The van der Waals surface area contributed by atoms with Crippen LogP contribution in [0.4, 0.5) is 0 Å². The van der Waals surface area contributed by atoms with Crippen LogP contribution in [-0.2, 0) is 11.3 Å². The number of aromatic nitrogens is 1. The van der Waals surface area contributed by atoms with Gasteiger partial charge in [-0.05, 0) is 11.5 Å². The Labute approximate surface area is 133 Å². The standard InChI is InChI=1S/C19H16NO3/c1-23-19(22)18-16-10-6-5-7-14(16)11-12-20(18)13-17(21)15-8-3-2-4-9-15/h2-12H,13H2,1H3/q+1.